The van der Waals surface area contributed by atoms with Crippen LogP contribution < -0.4 is 10.5 Å². The summed E-state index contributed by atoms with van der Waals surface area (Å²) in [5, 5.41) is 5.02. The van der Waals surface area contributed by atoms with Crippen LogP contribution in [0.4, 0.5) is 0 Å². The van der Waals surface area contributed by atoms with Crippen LogP contribution in [0, 0.1) is 6.92 Å². The molecule has 1 atom stereocenters. The SMILES string of the molecule is COc1ccc(Cl)cc1C(N)c1cc(C)n(C)n1. The molecule has 5 heteroatoms. The van der Waals surface area contributed by atoms with Gasteiger partial charge in [-0.2, -0.15) is 5.10 Å². The fraction of sp³-hybridized carbons (Fsp3) is 0.308. The Labute approximate surface area is 111 Å². The van der Waals surface area contributed by atoms with Gasteiger partial charge >= 0.3 is 0 Å². The smallest absolute Gasteiger partial charge is 0.124 e. The van der Waals surface area contributed by atoms with E-state index in [9.17, 15) is 0 Å². The lowest BCUT2D eigenvalue weighted by Gasteiger charge is -2.14. The standard InChI is InChI=1S/C13H16ClN3O/c1-8-6-11(16-17(8)2)13(15)10-7-9(14)4-5-12(10)18-3/h4-7,13H,15H2,1-3H3. The quantitative estimate of drug-likeness (QED) is 0.927. The Morgan fingerprint density at radius 2 is 2.11 bits per heavy atom. The van der Waals surface area contributed by atoms with Gasteiger partial charge in [-0.15, -0.1) is 0 Å². The van der Waals surface area contributed by atoms with Crippen LogP contribution in [0.2, 0.25) is 5.02 Å². The fourth-order valence-corrected chi connectivity index (χ4v) is 2.03. The highest BCUT2D eigenvalue weighted by atomic mass is 35.5. The second-order valence-electron chi connectivity index (χ2n) is 4.20. The van der Waals surface area contributed by atoms with Crippen molar-refractivity contribution in [2.45, 2.75) is 13.0 Å². The molecule has 0 fully saturated rings. The molecule has 2 aromatic rings. The monoisotopic (exact) mass is 265 g/mol. The van der Waals surface area contributed by atoms with Gasteiger partial charge in [0.2, 0.25) is 0 Å². The molecule has 0 aliphatic heterocycles. The van der Waals surface area contributed by atoms with E-state index in [1.165, 1.54) is 0 Å². The van der Waals surface area contributed by atoms with Crippen LogP contribution in [0.5, 0.6) is 5.75 Å². The first-order valence-electron chi connectivity index (χ1n) is 5.62. The second-order valence-corrected chi connectivity index (χ2v) is 4.63. The minimum absolute atomic E-state index is 0.349. The molecule has 1 heterocycles. The average Bonchev–Trinajstić information content (AvgIpc) is 2.68. The van der Waals surface area contributed by atoms with Crippen LogP contribution in [0.25, 0.3) is 0 Å². The van der Waals surface area contributed by atoms with Crippen LogP contribution in [0.15, 0.2) is 24.3 Å². The summed E-state index contributed by atoms with van der Waals surface area (Å²) in [5.41, 5.74) is 8.92. The molecule has 1 aromatic heterocycles. The predicted octanol–water partition coefficient (Wildman–Crippen LogP) is 2.44. The van der Waals surface area contributed by atoms with Crippen LogP contribution in [0.1, 0.15) is 23.0 Å². The summed E-state index contributed by atoms with van der Waals surface area (Å²) in [6.45, 7) is 1.98. The maximum Gasteiger partial charge on any atom is 0.124 e. The summed E-state index contributed by atoms with van der Waals surface area (Å²) in [5.74, 6) is 0.718. The van der Waals surface area contributed by atoms with E-state index in [1.54, 1.807) is 17.9 Å². The lowest BCUT2D eigenvalue weighted by molar-refractivity contribution is 0.407. The molecular formula is C13H16ClN3O. The van der Waals surface area contributed by atoms with E-state index in [0.29, 0.717) is 5.02 Å². The number of rotatable bonds is 3. The fourth-order valence-electron chi connectivity index (χ4n) is 1.85. The van der Waals surface area contributed by atoms with Crippen molar-refractivity contribution in [3.63, 3.8) is 0 Å². The molecule has 4 nitrogen and oxygen atoms in total. The zero-order chi connectivity index (χ0) is 13.3. The number of benzene rings is 1. The van der Waals surface area contributed by atoms with E-state index in [0.717, 1.165) is 22.7 Å². The summed E-state index contributed by atoms with van der Waals surface area (Å²) >= 11 is 6.01. The zero-order valence-electron chi connectivity index (χ0n) is 10.6. The average molecular weight is 266 g/mol. The molecule has 2 N–H and O–H groups in total. The van der Waals surface area contributed by atoms with Gasteiger partial charge in [0.1, 0.15) is 5.75 Å². The first kappa shape index (κ1) is 12.9. The Hall–Kier alpha value is -1.52. The Bertz CT molecular complexity index is 546. The molecule has 96 valence electrons. The van der Waals surface area contributed by atoms with Gasteiger partial charge in [0, 0.05) is 23.3 Å². The van der Waals surface area contributed by atoms with Crippen molar-refractivity contribution in [2.24, 2.45) is 12.8 Å². The number of ether oxygens (including phenoxy) is 1. The third-order valence-electron chi connectivity index (χ3n) is 2.98. The summed E-state index contributed by atoms with van der Waals surface area (Å²) < 4.78 is 7.10. The molecule has 1 aromatic carbocycles. The number of nitrogens with zero attached hydrogens (tertiary/aromatic N) is 2. The van der Waals surface area contributed by atoms with E-state index in [-0.39, 0.29) is 6.04 Å². The molecule has 0 aliphatic rings. The van der Waals surface area contributed by atoms with Crippen LogP contribution >= 0.6 is 11.6 Å². The minimum Gasteiger partial charge on any atom is -0.496 e. The molecule has 0 spiro atoms. The van der Waals surface area contributed by atoms with Crippen molar-refractivity contribution in [2.75, 3.05) is 7.11 Å². The van der Waals surface area contributed by atoms with Crippen molar-refractivity contribution in [1.82, 2.24) is 9.78 Å². The van der Waals surface area contributed by atoms with E-state index in [1.807, 2.05) is 32.2 Å². The first-order chi connectivity index (χ1) is 8.52. The number of methoxy groups -OCH3 is 1. The molecule has 0 radical (unpaired) electrons. The Morgan fingerprint density at radius 3 is 2.67 bits per heavy atom. The molecule has 0 saturated heterocycles. The highest BCUT2D eigenvalue weighted by Crippen LogP contribution is 2.30. The van der Waals surface area contributed by atoms with Gasteiger partial charge in [-0.1, -0.05) is 11.6 Å². The maximum absolute atomic E-state index is 6.23. The largest absolute Gasteiger partial charge is 0.496 e. The summed E-state index contributed by atoms with van der Waals surface area (Å²) in [6, 6.07) is 7.02. The lowest BCUT2D eigenvalue weighted by atomic mass is 10.0. The number of halogens is 1. The number of aromatic nitrogens is 2. The summed E-state index contributed by atoms with van der Waals surface area (Å²) in [6.07, 6.45) is 0. The number of nitrogens with two attached hydrogens (primary N) is 1. The van der Waals surface area contributed by atoms with Gasteiger partial charge in [-0.25, -0.2) is 0 Å². The molecule has 0 saturated carbocycles. The molecule has 1 unspecified atom stereocenters. The topological polar surface area (TPSA) is 53.1 Å². The van der Waals surface area contributed by atoms with Gasteiger partial charge in [-0.3, -0.25) is 4.68 Å². The highest BCUT2D eigenvalue weighted by Gasteiger charge is 2.17. The molecule has 18 heavy (non-hydrogen) atoms. The molecular weight excluding hydrogens is 250 g/mol. The third kappa shape index (κ3) is 2.35. The normalized spacial score (nSPS) is 12.5. The van der Waals surface area contributed by atoms with Gasteiger partial charge in [0.05, 0.1) is 18.8 Å². The zero-order valence-corrected chi connectivity index (χ0v) is 11.4. The number of aryl methyl sites for hydroxylation is 2. The maximum atomic E-state index is 6.23. The van der Waals surface area contributed by atoms with Crippen LogP contribution in [0.3, 0.4) is 0 Å². The van der Waals surface area contributed by atoms with Gasteiger partial charge < -0.3 is 10.5 Å². The second kappa shape index (κ2) is 5.00. The Kier molecular flexibility index (Phi) is 3.59. The molecule has 2 rings (SSSR count). The van der Waals surface area contributed by atoms with Crippen molar-refractivity contribution in [3.8, 4) is 5.75 Å². The van der Waals surface area contributed by atoms with Gasteiger partial charge in [-0.05, 0) is 31.2 Å². The summed E-state index contributed by atoms with van der Waals surface area (Å²) in [4.78, 5) is 0. The van der Waals surface area contributed by atoms with Crippen LogP contribution in [-0.4, -0.2) is 16.9 Å². The number of hydrogen-bond donors (Lipinski definition) is 1. The lowest BCUT2D eigenvalue weighted by Crippen LogP contribution is -2.14. The van der Waals surface area contributed by atoms with E-state index >= 15 is 0 Å². The molecule has 0 bridgehead atoms. The van der Waals surface area contributed by atoms with E-state index in [4.69, 9.17) is 22.1 Å². The minimum atomic E-state index is -0.349. The predicted molar refractivity (Wildman–Crippen MR) is 72.0 cm³/mol. The van der Waals surface area contributed by atoms with Crippen molar-refractivity contribution < 1.29 is 4.74 Å². The third-order valence-corrected chi connectivity index (χ3v) is 3.21. The Morgan fingerprint density at radius 1 is 1.39 bits per heavy atom. The number of hydrogen-bond acceptors (Lipinski definition) is 3. The van der Waals surface area contributed by atoms with E-state index < -0.39 is 0 Å². The van der Waals surface area contributed by atoms with Crippen LogP contribution in [-0.2, 0) is 7.05 Å². The first-order valence-corrected chi connectivity index (χ1v) is 6.00. The van der Waals surface area contributed by atoms with Crippen molar-refractivity contribution in [1.29, 1.82) is 0 Å². The summed E-state index contributed by atoms with van der Waals surface area (Å²) in [7, 11) is 3.50. The van der Waals surface area contributed by atoms with Gasteiger partial charge in [0.25, 0.3) is 0 Å². The molecule has 0 aliphatic carbocycles. The van der Waals surface area contributed by atoms with E-state index in [2.05, 4.69) is 5.10 Å². The highest BCUT2D eigenvalue weighted by molar-refractivity contribution is 6.30. The van der Waals surface area contributed by atoms with Gasteiger partial charge in [0.15, 0.2) is 0 Å². The van der Waals surface area contributed by atoms with Crippen molar-refractivity contribution in [3.05, 3.63) is 46.2 Å². The Balaban J connectivity index is 2.44. The van der Waals surface area contributed by atoms with Crippen molar-refractivity contribution >= 4 is 11.6 Å². The molecule has 0 amide bonds.